The molecule has 0 aliphatic carbocycles. The summed E-state index contributed by atoms with van der Waals surface area (Å²) in [6, 6.07) is 14.2. The Morgan fingerprint density at radius 3 is 2.62 bits per heavy atom. The first-order chi connectivity index (χ1) is 15.3. The molecule has 2 atom stereocenters. The minimum Gasteiger partial charge on any atom is -0.445 e. The molecule has 0 saturated carbocycles. The van der Waals surface area contributed by atoms with Gasteiger partial charge >= 0.3 is 18.6 Å². The molecular formula is C23H21F4NO4. The molecule has 2 aliphatic rings. The number of amides is 1. The first-order valence-corrected chi connectivity index (χ1v) is 10.1. The largest absolute Gasteiger partial charge is 0.461 e. The second kappa shape index (κ2) is 9.20. The van der Waals surface area contributed by atoms with Gasteiger partial charge in [0.2, 0.25) is 0 Å². The van der Waals surface area contributed by atoms with Crippen LogP contribution in [-0.2, 0) is 16.1 Å². The van der Waals surface area contributed by atoms with E-state index < -0.39 is 24.7 Å². The van der Waals surface area contributed by atoms with Crippen molar-refractivity contribution in [3.8, 4) is 5.75 Å². The molecule has 9 heteroatoms. The van der Waals surface area contributed by atoms with Gasteiger partial charge in [0.1, 0.15) is 12.4 Å². The summed E-state index contributed by atoms with van der Waals surface area (Å²) in [5.74, 6) is -0.361. The molecule has 0 N–H and O–H groups in total. The van der Waals surface area contributed by atoms with E-state index in [1.54, 1.807) is 11.0 Å². The molecule has 170 valence electrons. The highest BCUT2D eigenvalue weighted by Crippen LogP contribution is 2.35. The van der Waals surface area contributed by atoms with Gasteiger partial charge in [0.15, 0.2) is 0 Å². The van der Waals surface area contributed by atoms with Crippen molar-refractivity contribution < 1.29 is 36.6 Å². The third-order valence-electron chi connectivity index (χ3n) is 5.33. The molecule has 2 aromatic carbocycles. The van der Waals surface area contributed by atoms with Gasteiger partial charge in [-0.3, -0.25) is 4.90 Å². The lowest BCUT2D eigenvalue weighted by molar-refractivity contribution is -0.253. The first-order valence-electron chi connectivity index (χ1n) is 10.1. The zero-order chi connectivity index (χ0) is 22.7. The van der Waals surface area contributed by atoms with E-state index in [1.807, 2.05) is 36.4 Å². The van der Waals surface area contributed by atoms with Crippen LogP contribution in [-0.4, -0.2) is 48.8 Å². The second-order valence-corrected chi connectivity index (χ2v) is 7.59. The summed E-state index contributed by atoms with van der Waals surface area (Å²) in [6.45, 7) is 0.707. The molecule has 5 nitrogen and oxygen atoms in total. The molecule has 0 spiro atoms. The SMILES string of the molecule is O=C(OCc1ccccc1)N1C2C=C(c3cccc(OC(F)(F)C(F)F)c3)CC1COC2. The molecule has 2 bridgehead atoms. The summed E-state index contributed by atoms with van der Waals surface area (Å²) >= 11 is 0. The molecule has 2 heterocycles. The molecule has 0 aromatic heterocycles. The highest BCUT2D eigenvalue weighted by Gasteiger charge is 2.44. The summed E-state index contributed by atoms with van der Waals surface area (Å²) in [7, 11) is 0. The minimum absolute atomic E-state index is 0.144. The molecule has 2 aromatic rings. The topological polar surface area (TPSA) is 48.0 Å². The van der Waals surface area contributed by atoms with Crippen molar-refractivity contribution in [1.29, 1.82) is 0 Å². The molecule has 2 aliphatic heterocycles. The molecule has 1 amide bonds. The average Bonchev–Trinajstić information content (AvgIpc) is 2.77. The average molecular weight is 451 g/mol. The maximum atomic E-state index is 13.3. The van der Waals surface area contributed by atoms with Crippen LogP contribution in [0.5, 0.6) is 5.75 Å². The second-order valence-electron chi connectivity index (χ2n) is 7.59. The lowest BCUT2D eigenvalue weighted by Gasteiger charge is -2.43. The van der Waals surface area contributed by atoms with Crippen molar-refractivity contribution in [2.45, 2.75) is 37.6 Å². The van der Waals surface area contributed by atoms with Crippen LogP contribution in [0.4, 0.5) is 22.4 Å². The minimum atomic E-state index is -4.58. The fourth-order valence-electron chi connectivity index (χ4n) is 3.85. The maximum Gasteiger partial charge on any atom is 0.461 e. The van der Waals surface area contributed by atoms with E-state index in [-0.39, 0.29) is 25.0 Å². The third-order valence-corrected chi connectivity index (χ3v) is 5.33. The number of carbonyl (C=O) groups is 1. The lowest BCUT2D eigenvalue weighted by Crippen LogP contribution is -2.56. The van der Waals surface area contributed by atoms with Gasteiger partial charge in [0.05, 0.1) is 25.3 Å². The van der Waals surface area contributed by atoms with Gasteiger partial charge in [-0.15, -0.1) is 0 Å². The fourth-order valence-corrected chi connectivity index (χ4v) is 3.85. The van der Waals surface area contributed by atoms with Gasteiger partial charge < -0.3 is 14.2 Å². The van der Waals surface area contributed by atoms with Crippen LogP contribution in [0.1, 0.15) is 17.5 Å². The highest BCUT2D eigenvalue weighted by molar-refractivity contribution is 5.75. The van der Waals surface area contributed by atoms with E-state index in [0.717, 1.165) is 11.1 Å². The number of carbonyl (C=O) groups excluding carboxylic acids is 1. The van der Waals surface area contributed by atoms with Crippen LogP contribution in [0.3, 0.4) is 0 Å². The van der Waals surface area contributed by atoms with Crippen molar-refractivity contribution in [3.63, 3.8) is 0 Å². The number of fused-ring (bicyclic) bond motifs is 2. The third kappa shape index (κ3) is 4.88. The van der Waals surface area contributed by atoms with Crippen molar-refractivity contribution in [2.24, 2.45) is 0 Å². The van der Waals surface area contributed by atoms with Crippen molar-refractivity contribution in [2.75, 3.05) is 13.2 Å². The van der Waals surface area contributed by atoms with E-state index in [4.69, 9.17) is 9.47 Å². The molecular weight excluding hydrogens is 430 g/mol. The quantitative estimate of drug-likeness (QED) is 0.573. The molecule has 0 radical (unpaired) electrons. The van der Waals surface area contributed by atoms with Crippen LogP contribution >= 0.6 is 0 Å². The molecule has 2 unspecified atom stereocenters. The van der Waals surface area contributed by atoms with Crippen LogP contribution < -0.4 is 4.74 Å². The van der Waals surface area contributed by atoms with Crippen LogP contribution in [0.2, 0.25) is 0 Å². The first kappa shape index (κ1) is 22.1. The summed E-state index contributed by atoms with van der Waals surface area (Å²) in [5.41, 5.74) is 2.22. The number of ether oxygens (including phenoxy) is 3. The Morgan fingerprint density at radius 1 is 1.12 bits per heavy atom. The highest BCUT2D eigenvalue weighted by atomic mass is 19.3. The Labute approximate surface area is 182 Å². The monoisotopic (exact) mass is 451 g/mol. The van der Waals surface area contributed by atoms with Gasteiger partial charge in [0.25, 0.3) is 0 Å². The molecule has 32 heavy (non-hydrogen) atoms. The Bertz CT molecular complexity index is 983. The van der Waals surface area contributed by atoms with E-state index in [1.165, 1.54) is 18.2 Å². The molecule has 4 rings (SSSR count). The van der Waals surface area contributed by atoms with E-state index in [0.29, 0.717) is 18.6 Å². The normalized spacial score (nSPS) is 20.7. The Balaban J connectivity index is 1.49. The number of rotatable bonds is 6. The Morgan fingerprint density at radius 2 is 1.91 bits per heavy atom. The summed E-state index contributed by atoms with van der Waals surface area (Å²) in [4.78, 5) is 14.4. The number of morpholine rings is 1. The number of hydrogen-bond donors (Lipinski definition) is 0. The van der Waals surface area contributed by atoms with Gasteiger partial charge in [-0.05, 0) is 35.3 Å². The van der Waals surface area contributed by atoms with E-state index >= 15 is 0 Å². The summed E-state index contributed by atoms with van der Waals surface area (Å²) in [6.07, 6.45) is -6.78. The van der Waals surface area contributed by atoms with Crippen molar-refractivity contribution in [3.05, 3.63) is 71.8 Å². The van der Waals surface area contributed by atoms with Crippen molar-refractivity contribution >= 4 is 11.7 Å². The molecule has 1 saturated heterocycles. The standard InChI is InChI=1S/C23H21F4NO4/c24-21(25)23(26,27)32-20-8-4-7-16(11-20)17-9-18-13-30-14-19(10-17)28(18)22(29)31-12-15-5-2-1-3-6-15/h1-9,11,18-19,21H,10,12-14H2. The fraction of sp³-hybridized carbons (Fsp3) is 0.348. The molecule has 1 fully saturated rings. The number of alkyl halides is 4. The van der Waals surface area contributed by atoms with E-state index in [9.17, 15) is 22.4 Å². The smallest absolute Gasteiger partial charge is 0.445 e. The predicted octanol–water partition coefficient (Wildman–Crippen LogP) is 5.12. The van der Waals surface area contributed by atoms with Gasteiger partial charge in [-0.2, -0.15) is 17.6 Å². The maximum absolute atomic E-state index is 13.3. The van der Waals surface area contributed by atoms with Crippen molar-refractivity contribution in [1.82, 2.24) is 4.90 Å². The van der Waals surface area contributed by atoms with E-state index in [2.05, 4.69) is 4.74 Å². The summed E-state index contributed by atoms with van der Waals surface area (Å²) < 4.78 is 66.7. The zero-order valence-corrected chi connectivity index (χ0v) is 16.9. The van der Waals surface area contributed by atoms with Crippen LogP contribution in [0, 0.1) is 0 Å². The number of halogens is 4. The number of nitrogens with zero attached hydrogens (tertiary/aromatic N) is 1. The Kier molecular flexibility index (Phi) is 6.36. The predicted molar refractivity (Wildman–Crippen MR) is 107 cm³/mol. The van der Waals surface area contributed by atoms with Gasteiger partial charge in [-0.1, -0.05) is 48.5 Å². The lowest BCUT2D eigenvalue weighted by atomic mass is 9.90. The van der Waals surface area contributed by atoms with Crippen LogP contribution in [0.15, 0.2) is 60.7 Å². The number of hydrogen-bond acceptors (Lipinski definition) is 4. The van der Waals surface area contributed by atoms with Crippen LogP contribution in [0.25, 0.3) is 5.57 Å². The number of benzene rings is 2. The Hall–Kier alpha value is -3.07. The van der Waals surface area contributed by atoms with Gasteiger partial charge in [-0.25, -0.2) is 4.79 Å². The van der Waals surface area contributed by atoms with Gasteiger partial charge in [0, 0.05) is 0 Å². The zero-order valence-electron chi connectivity index (χ0n) is 16.9. The summed E-state index contributed by atoms with van der Waals surface area (Å²) in [5, 5.41) is 0.